The van der Waals surface area contributed by atoms with Gasteiger partial charge in [-0.25, -0.2) is 4.79 Å². The third-order valence-electron chi connectivity index (χ3n) is 5.62. The van der Waals surface area contributed by atoms with Crippen LogP contribution in [0.1, 0.15) is 21.5 Å². The molecule has 13 nitrogen and oxygen atoms in total. The second-order valence-corrected chi connectivity index (χ2v) is 8.22. The number of nitrogens with one attached hydrogen (secondary N) is 3. The van der Waals surface area contributed by atoms with E-state index in [-0.39, 0.29) is 52.8 Å². The maximum atomic E-state index is 12.0. The number of nitrogens with zero attached hydrogens (tertiary/aromatic N) is 4. The fraction of sp³-hybridized carbons (Fsp3) is 0.167. The van der Waals surface area contributed by atoms with Crippen molar-refractivity contribution < 1.29 is 24.2 Å². The molecule has 188 valence electrons. The van der Waals surface area contributed by atoms with Crippen LogP contribution in [0.4, 0.5) is 0 Å². The van der Waals surface area contributed by atoms with E-state index < -0.39 is 11.8 Å². The Bertz CT molecular complexity index is 1460. The Morgan fingerprint density at radius 2 is 1.92 bits per heavy atom. The number of fused-ring (bicyclic) bond motifs is 1. The summed E-state index contributed by atoms with van der Waals surface area (Å²) in [5, 5.41) is 22.7. The van der Waals surface area contributed by atoms with Crippen LogP contribution in [0.2, 0.25) is 0 Å². The molecule has 6 N–H and O–H groups in total. The van der Waals surface area contributed by atoms with Crippen molar-refractivity contribution in [3.05, 3.63) is 70.7 Å². The van der Waals surface area contributed by atoms with Crippen LogP contribution in [0.5, 0.6) is 11.5 Å². The molecule has 5 rings (SSSR count). The summed E-state index contributed by atoms with van der Waals surface area (Å²) in [7, 11) is 1.97. The second-order valence-electron chi connectivity index (χ2n) is 8.22. The quantitative estimate of drug-likeness (QED) is 0.278. The summed E-state index contributed by atoms with van der Waals surface area (Å²) in [4.78, 5) is 38.8. The van der Waals surface area contributed by atoms with Crippen molar-refractivity contribution in [2.75, 3.05) is 26.7 Å². The van der Waals surface area contributed by atoms with E-state index in [1.54, 1.807) is 6.07 Å². The predicted octanol–water partition coefficient (Wildman–Crippen LogP) is 0.475. The van der Waals surface area contributed by atoms with E-state index in [0.29, 0.717) is 5.75 Å². The first kappa shape index (κ1) is 23.5. The predicted molar refractivity (Wildman–Crippen MR) is 134 cm³/mol. The molecule has 13 heteroatoms. The number of carbonyl (C=O) groups is 2. The Kier molecular flexibility index (Phi) is 6.01. The Labute approximate surface area is 210 Å². The van der Waals surface area contributed by atoms with Gasteiger partial charge in [0.1, 0.15) is 35.4 Å². The molecule has 0 unspecified atom stereocenters. The first-order valence-corrected chi connectivity index (χ1v) is 11.2. The van der Waals surface area contributed by atoms with Gasteiger partial charge in [-0.1, -0.05) is 12.1 Å². The number of carboxylic acids is 1. The summed E-state index contributed by atoms with van der Waals surface area (Å²) < 4.78 is 11.8. The van der Waals surface area contributed by atoms with E-state index >= 15 is 0 Å². The number of nitrogens with two attached hydrogens (primary N) is 1. The van der Waals surface area contributed by atoms with E-state index in [4.69, 9.17) is 20.6 Å². The largest absolute Gasteiger partial charge is 0.478 e. The summed E-state index contributed by atoms with van der Waals surface area (Å²) in [5.74, 6) is -0.402. The minimum atomic E-state index is -1.28. The highest BCUT2D eigenvalue weighted by atomic mass is 16.5. The summed E-state index contributed by atoms with van der Waals surface area (Å²) in [6.07, 6.45) is 0. The van der Waals surface area contributed by atoms with Crippen LogP contribution in [0.3, 0.4) is 0 Å². The normalized spacial score (nSPS) is 16.6. The van der Waals surface area contributed by atoms with Gasteiger partial charge in [0.15, 0.2) is 5.84 Å². The second kappa shape index (κ2) is 9.45. The monoisotopic (exact) mass is 502 g/mol. The summed E-state index contributed by atoms with van der Waals surface area (Å²) in [5.41, 5.74) is 6.37. The maximum absolute atomic E-state index is 12.0. The molecule has 0 saturated carbocycles. The molecule has 0 radical (unpaired) electrons. The number of amidine groups is 4. The zero-order valence-corrected chi connectivity index (χ0v) is 19.6. The number of rotatable bonds is 6. The van der Waals surface area contributed by atoms with E-state index in [1.807, 2.05) is 25.2 Å². The molecule has 2 aromatic carbocycles. The van der Waals surface area contributed by atoms with Gasteiger partial charge >= 0.3 is 12.0 Å². The molecule has 0 aromatic heterocycles. The third-order valence-corrected chi connectivity index (χ3v) is 5.62. The minimum absolute atomic E-state index is 0.0336. The van der Waals surface area contributed by atoms with Crippen molar-refractivity contribution >= 4 is 35.4 Å². The average molecular weight is 502 g/mol. The van der Waals surface area contributed by atoms with E-state index in [0.717, 1.165) is 24.5 Å². The van der Waals surface area contributed by atoms with Crippen LogP contribution >= 0.6 is 0 Å². The number of carboxylic acid groups (broad SMARTS) is 1. The zero-order valence-electron chi connectivity index (χ0n) is 19.6. The Morgan fingerprint density at radius 1 is 1.11 bits per heavy atom. The van der Waals surface area contributed by atoms with Gasteiger partial charge in [0, 0.05) is 24.7 Å². The number of amides is 1. The number of hydrogen-bond acceptors (Lipinski definition) is 10. The van der Waals surface area contributed by atoms with Crippen molar-refractivity contribution in [3.8, 4) is 11.5 Å². The molecule has 3 aliphatic rings. The molecule has 1 amide bonds. The highest BCUT2D eigenvalue weighted by molar-refractivity contribution is 6.13. The van der Waals surface area contributed by atoms with Gasteiger partial charge in [-0.2, -0.15) is 4.99 Å². The van der Waals surface area contributed by atoms with Gasteiger partial charge in [0.25, 0.3) is 5.88 Å². The lowest BCUT2D eigenvalue weighted by atomic mass is 10.1. The third kappa shape index (κ3) is 4.82. The van der Waals surface area contributed by atoms with Gasteiger partial charge in [0.05, 0.1) is 12.1 Å². The smallest absolute Gasteiger partial charge is 0.336 e. The van der Waals surface area contributed by atoms with Gasteiger partial charge < -0.3 is 30.5 Å². The average Bonchev–Trinajstić information content (AvgIpc) is 3.30. The Morgan fingerprint density at radius 3 is 2.65 bits per heavy atom. The van der Waals surface area contributed by atoms with Gasteiger partial charge in [-0.05, 0) is 30.3 Å². The fourth-order valence-electron chi connectivity index (χ4n) is 3.89. The summed E-state index contributed by atoms with van der Waals surface area (Å²) >= 11 is 0. The molecule has 37 heavy (non-hydrogen) atoms. The van der Waals surface area contributed by atoms with E-state index in [1.165, 1.54) is 18.2 Å². The molecule has 0 spiro atoms. The van der Waals surface area contributed by atoms with Crippen LogP contribution in [0.15, 0.2) is 69.0 Å². The lowest BCUT2D eigenvalue weighted by Gasteiger charge is -2.25. The number of nitrogen functional groups attached to an aromatic ring is 1. The number of aromatic carboxylic acids is 1. The van der Waals surface area contributed by atoms with Gasteiger partial charge in [-0.15, -0.1) is 0 Å². The number of benzene rings is 2. The highest BCUT2D eigenvalue weighted by Crippen LogP contribution is 2.24. The van der Waals surface area contributed by atoms with Crippen LogP contribution in [0, 0.1) is 5.41 Å². The van der Waals surface area contributed by atoms with Crippen molar-refractivity contribution in [2.24, 2.45) is 20.7 Å². The maximum Gasteiger partial charge on any atom is 0.336 e. The molecule has 0 saturated heterocycles. The minimum Gasteiger partial charge on any atom is -0.478 e. The SMILES string of the molecule is CN1CCN=C1c1cccc(OC2=NC(Oc3ccc(C(=N)N)c(C(=O)O)c3)=C3NC(=O)CN=C3N2)c1. The molecule has 3 heterocycles. The highest BCUT2D eigenvalue weighted by Gasteiger charge is 2.29. The molecular formula is C24H22N8O5. The first-order valence-electron chi connectivity index (χ1n) is 11.2. The molecule has 0 aliphatic carbocycles. The number of aliphatic imine (C=N–C) groups is 3. The molecule has 3 aliphatic heterocycles. The van der Waals surface area contributed by atoms with Crippen LogP contribution < -0.4 is 25.8 Å². The standard InChI is InChI=1S/C24H22N8O5/c1-32-8-7-27-21(32)12-3-2-4-13(9-12)37-24-30-20-18(29-17(33)11-28-20)22(31-24)36-14-5-6-15(19(25)26)16(10-14)23(34)35/h2-6,9-10H,7-8,11H2,1H3,(H3,25,26)(H,29,33)(H,34,35)(H,28,30,31). The van der Waals surface area contributed by atoms with Crippen LogP contribution in [-0.2, 0) is 4.79 Å². The molecule has 2 aromatic rings. The molecular weight excluding hydrogens is 480 g/mol. The molecule has 0 fully saturated rings. The summed E-state index contributed by atoms with van der Waals surface area (Å²) in [6.45, 7) is 1.46. The Hall–Kier alpha value is -5.20. The number of ether oxygens (including phenoxy) is 2. The van der Waals surface area contributed by atoms with Crippen LogP contribution in [0.25, 0.3) is 0 Å². The Balaban J connectivity index is 1.47. The van der Waals surface area contributed by atoms with Gasteiger partial charge in [-0.3, -0.25) is 25.5 Å². The fourth-order valence-corrected chi connectivity index (χ4v) is 3.89. The number of likely N-dealkylation sites (N-methyl/N-ethyl adjacent to an activating group) is 1. The van der Waals surface area contributed by atoms with E-state index in [9.17, 15) is 14.7 Å². The van der Waals surface area contributed by atoms with Crippen molar-refractivity contribution in [1.29, 1.82) is 5.41 Å². The number of hydrogen-bond donors (Lipinski definition) is 5. The lowest BCUT2D eigenvalue weighted by molar-refractivity contribution is -0.119. The first-order chi connectivity index (χ1) is 17.8. The summed E-state index contributed by atoms with van der Waals surface area (Å²) in [6, 6.07) is 11.4. The topological polar surface area (TPSA) is 187 Å². The zero-order chi connectivity index (χ0) is 26.1. The van der Waals surface area contributed by atoms with Gasteiger partial charge in [0.2, 0.25) is 5.91 Å². The van der Waals surface area contributed by atoms with E-state index in [2.05, 4.69) is 30.5 Å². The van der Waals surface area contributed by atoms with Crippen molar-refractivity contribution in [3.63, 3.8) is 0 Å². The van der Waals surface area contributed by atoms with Crippen LogP contribution in [-0.4, -0.2) is 72.1 Å². The lowest BCUT2D eigenvalue weighted by Crippen LogP contribution is -2.48. The molecule has 0 atom stereocenters. The van der Waals surface area contributed by atoms with Crippen molar-refractivity contribution in [1.82, 2.24) is 15.5 Å². The molecule has 0 bridgehead atoms. The number of carbonyl (C=O) groups excluding carboxylic acids is 1. The van der Waals surface area contributed by atoms with Crippen molar-refractivity contribution in [2.45, 2.75) is 0 Å².